The van der Waals surface area contributed by atoms with Crippen LogP contribution in [0.1, 0.15) is 15.9 Å². The van der Waals surface area contributed by atoms with Crippen LogP contribution in [0.4, 0.5) is 21.6 Å². The van der Waals surface area contributed by atoms with Crippen LogP contribution in [0, 0.1) is 9.39 Å². The molecule has 0 saturated heterocycles. The number of sulfonamides is 1. The standard InChI is InChI=1S/C24H24FIN4O6S/c1-29-21(32)13-20(36-19-5-3-4-18-15(19)8-10-30(18)37(2,34)35)22(24(33)27-9-11-31)23(29)28-17-7-6-14(26)12-16(17)25/h3-7,12-13,28,31H,8-11H2,1-2H3,(H,27,33). The van der Waals surface area contributed by atoms with Gasteiger partial charge in [0.05, 0.1) is 24.2 Å². The Labute approximate surface area is 226 Å². The summed E-state index contributed by atoms with van der Waals surface area (Å²) in [6, 6.07) is 10.5. The average molecular weight is 642 g/mol. The van der Waals surface area contributed by atoms with Crippen molar-refractivity contribution in [2.24, 2.45) is 7.05 Å². The highest BCUT2D eigenvalue weighted by molar-refractivity contribution is 14.1. The van der Waals surface area contributed by atoms with Gasteiger partial charge in [-0.05, 0) is 59.3 Å². The molecule has 0 radical (unpaired) electrons. The lowest BCUT2D eigenvalue weighted by Gasteiger charge is -2.20. The van der Waals surface area contributed by atoms with Gasteiger partial charge in [0, 0.05) is 35.3 Å². The molecule has 2 aromatic carbocycles. The minimum Gasteiger partial charge on any atom is -0.456 e. The van der Waals surface area contributed by atoms with Crippen molar-refractivity contribution in [3.8, 4) is 11.5 Å². The molecule has 0 spiro atoms. The van der Waals surface area contributed by atoms with E-state index in [4.69, 9.17) is 4.74 Å². The first-order valence-electron chi connectivity index (χ1n) is 11.1. The van der Waals surface area contributed by atoms with Crippen molar-refractivity contribution in [3.63, 3.8) is 0 Å². The minimum atomic E-state index is -3.51. The lowest BCUT2D eigenvalue weighted by atomic mass is 10.1. The van der Waals surface area contributed by atoms with Crippen LogP contribution in [0.5, 0.6) is 11.5 Å². The average Bonchev–Trinajstić information content (AvgIpc) is 3.28. The molecule has 10 nitrogen and oxygen atoms in total. The Morgan fingerprint density at radius 1 is 1.22 bits per heavy atom. The fraction of sp³-hybridized carbons (Fsp3) is 0.250. The predicted octanol–water partition coefficient (Wildman–Crippen LogP) is 2.71. The number of ether oxygens (including phenoxy) is 1. The second-order valence-electron chi connectivity index (χ2n) is 8.30. The highest BCUT2D eigenvalue weighted by Crippen LogP contribution is 2.40. The number of hydrogen-bond acceptors (Lipinski definition) is 7. The molecule has 1 aliphatic rings. The first-order valence-corrected chi connectivity index (χ1v) is 14.1. The van der Waals surface area contributed by atoms with Gasteiger partial charge < -0.3 is 20.5 Å². The fourth-order valence-electron chi connectivity index (χ4n) is 4.03. The summed E-state index contributed by atoms with van der Waals surface area (Å²) in [5.41, 5.74) is 0.465. The molecule has 0 saturated carbocycles. The molecule has 3 N–H and O–H groups in total. The monoisotopic (exact) mass is 642 g/mol. The molecule has 3 aromatic rings. The van der Waals surface area contributed by atoms with Crippen LogP contribution in [-0.4, -0.2) is 50.0 Å². The number of aliphatic hydroxyl groups excluding tert-OH is 1. The number of amides is 1. The van der Waals surface area contributed by atoms with Crippen molar-refractivity contribution < 1.29 is 27.4 Å². The Kier molecular flexibility index (Phi) is 7.75. The predicted molar refractivity (Wildman–Crippen MR) is 146 cm³/mol. The number of nitrogens with one attached hydrogen (secondary N) is 2. The van der Waals surface area contributed by atoms with Gasteiger partial charge in [-0.25, -0.2) is 12.8 Å². The molecule has 1 aromatic heterocycles. The zero-order chi connectivity index (χ0) is 26.9. The van der Waals surface area contributed by atoms with E-state index in [1.54, 1.807) is 24.3 Å². The lowest BCUT2D eigenvalue weighted by molar-refractivity contribution is 0.0942. The summed E-state index contributed by atoms with van der Waals surface area (Å²) in [6.45, 7) is -0.161. The zero-order valence-electron chi connectivity index (χ0n) is 19.9. The smallest absolute Gasteiger partial charge is 0.258 e. The maximum atomic E-state index is 14.7. The molecular formula is C24H24FIN4O6S. The molecule has 0 bridgehead atoms. The summed E-state index contributed by atoms with van der Waals surface area (Å²) in [5, 5.41) is 14.6. The summed E-state index contributed by atoms with van der Waals surface area (Å²) in [7, 11) is -2.08. The Morgan fingerprint density at radius 3 is 2.65 bits per heavy atom. The van der Waals surface area contributed by atoms with Crippen LogP contribution in [0.2, 0.25) is 0 Å². The van der Waals surface area contributed by atoms with Gasteiger partial charge in [-0.3, -0.25) is 18.5 Å². The molecule has 0 atom stereocenters. The number of carbonyl (C=O) groups is 1. The Morgan fingerprint density at radius 2 is 1.97 bits per heavy atom. The van der Waals surface area contributed by atoms with E-state index < -0.39 is 27.3 Å². The maximum Gasteiger partial charge on any atom is 0.258 e. The third-order valence-corrected chi connectivity index (χ3v) is 7.63. The maximum absolute atomic E-state index is 14.7. The Balaban J connectivity index is 1.85. The summed E-state index contributed by atoms with van der Waals surface area (Å²) >= 11 is 1.96. The fourth-order valence-corrected chi connectivity index (χ4v) is 5.43. The van der Waals surface area contributed by atoms with Crippen LogP contribution < -0.4 is 25.2 Å². The van der Waals surface area contributed by atoms with E-state index in [0.717, 1.165) is 16.9 Å². The number of halogens is 2. The van der Waals surface area contributed by atoms with Gasteiger partial charge in [0.25, 0.3) is 11.5 Å². The van der Waals surface area contributed by atoms with Gasteiger partial charge in [0.1, 0.15) is 28.7 Å². The van der Waals surface area contributed by atoms with E-state index in [0.29, 0.717) is 21.2 Å². The number of benzene rings is 2. The number of aliphatic hydroxyl groups is 1. The number of pyridine rings is 1. The minimum absolute atomic E-state index is 0.0246. The van der Waals surface area contributed by atoms with Gasteiger partial charge in [0.2, 0.25) is 10.0 Å². The first-order chi connectivity index (χ1) is 17.5. The highest BCUT2D eigenvalue weighted by Gasteiger charge is 2.30. The third-order valence-electron chi connectivity index (χ3n) is 5.77. The number of rotatable bonds is 8. The summed E-state index contributed by atoms with van der Waals surface area (Å²) in [4.78, 5) is 26.1. The highest BCUT2D eigenvalue weighted by atomic mass is 127. The van der Waals surface area contributed by atoms with E-state index in [9.17, 15) is 27.5 Å². The van der Waals surface area contributed by atoms with Crippen LogP contribution in [0.25, 0.3) is 0 Å². The topological polar surface area (TPSA) is 130 Å². The summed E-state index contributed by atoms with van der Waals surface area (Å²) in [5.74, 6) is -1.12. The van der Waals surface area contributed by atoms with Gasteiger partial charge in [-0.15, -0.1) is 0 Å². The van der Waals surface area contributed by atoms with Crippen molar-refractivity contribution in [3.05, 3.63) is 73.3 Å². The second-order valence-corrected chi connectivity index (χ2v) is 11.5. The van der Waals surface area contributed by atoms with E-state index in [1.165, 1.54) is 23.5 Å². The van der Waals surface area contributed by atoms with Gasteiger partial charge in [-0.2, -0.15) is 0 Å². The van der Waals surface area contributed by atoms with Gasteiger partial charge in [0.15, 0.2) is 0 Å². The molecule has 2 heterocycles. The van der Waals surface area contributed by atoms with Crippen LogP contribution >= 0.6 is 22.6 Å². The quantitative estimate of drug-likeness (QED) is 0.323. The normalized spacial score (nSPS) is 12.8. The van der Waals surface area contributed by atoms with Crippen molar-refractivity contribution in [2.75, 3.05) is 35.6 Å². The SMILES string of the molecule is Cn1c(Nc2ccc(I)cc2F)c(C(=O)NCCO)c(Oc2cccc3c2CCN3S(C)(=O)=O)cc1=O. The summed E-state index contributed by atoms with van der Waals surface area (Å²) < 4.78 is 48.2. The van der Waals surface area contributed by atoms with Gasteiger partial charge >= 0.3 is 0 Å². The molecule has 13 heteroatoms. The lowest BCUT2D eigenvalue weighted by Crippen LogP contribution is -2.30. The van der Waals surface area contributed by atoms with Crippen LogP contribution in [0.15, 0.2) is 47.3 Å². The Bertz CT molecular complexity index is 1540. The second kappa shape index (κ2) is 10.7. The van der Waals surface area contributed by atoms with E-state index in [2.05, 4.69) is 10.6 Å². The van der Waals surface area contributed by atoms with Crippen molar-refractivity contribution in [1.29, 1.82) is 0 Å². The first kappa shape index (κ1) is 26.9. The molecule has 1 amide bonds. The number of carbonyl (C=O) groups excluding carboxylic acids is 1. The van der Waals surface area contributed by atoms with E-state index in [1.807, 2.05) is 22.6 Å². The van der Waals surface area contributed by atoms with Crippen molar-refractivity contribution in [2.45, 2.75) is 6.42 Å². The van der Waals surface area contributed by atoms with Crippen LogP contribution in [-0.2, 0) is 23.5 Å². The van der Waals surface area contributed by atoms with E-state index in [-0.39, 0.29) is 48.3 Å². The van der Waals surface area contributed by atoms with Gasteiger partial charge in [-0.1, -0.05) is 6.07 Å². The van der Waals surface area contributed by atoms with E-state index >= 15 is 0 Å². The third kappa shape index (κ3) is 5.57. The Hall–Kier alpha value is -3.17. The van der Waals surface area contributed by atoms with Crippen molar-refractivity contribution >= 4 is 55.7 Å². The largest absolute Gasteiger partial charge is 0.456 e. The molecule has 0 unspecified atom stereocenters. The zero-order valence-corrected chi connectivity index (χ0v) is 22.9. The van der Waals surface area contributed by atoms with Crippen molar-refractivity contribution in [1.82, 2.24) is 9.88 Å². The molecule has 196 valence electrons. The number of nitrogens with zero attached hydrogens (tertiary/aromatic N) is 2. The molecule has 0 aliphatic carbocycles. The molecular weight excluding hydrogens is 618 g/mol. The van der Waals surface area contributed by atoms with Crippen LogP contribution in [0.3, 0.4) is 0 Å². The molecule has 4 rings (SSSR count). The number of hydrogen-bond donors (Lipinski definition) is 3. The number of anilines is 3. The molecule has 1 aliphatic heterocycles. The number of fused-ring (bicyclic) bond motifs is 1. The molecule has 37 heavy (non-hydrogen) atoms. The molecule has 0 fully saturated rings. The number of aromatic nitrogens is 1. The summed E-state index contributed by atoms with van der Waals surface area (Å²) in [6.07, 6.45) is 1.48.